The zero-order chi connectivity index (χ0) is 82.1. The Bertz CT molecular complexity index is 6330. The largest absolute Gasteiger partial charge is 0.310 e. The number of fused-ring (bicyclic) bond motifs is 4. The summed E-state index contributed by atoms with van der Waals surface area (Å²) in [6, 6.07) is 127. The summed E-state index contributed by atoms with van der Waals surface area (Å²) in [6.07, 6.45) is 16.6. The van der Waals surface area contributed by atoms with Crippen LogP contribution in [0.2, 0.25) is 0 Å². The number of anilines is 9. The van der Waals surface area contributed by atoms with E-state index in [4.69, 9.17) is 0 Å². The zero-order valence-electron chi connectivity index (χ0n) is 71.1. The van der Waals surface area contributed by atoms with Crippen LogP contribution in [0.25, 0.3) is 83.5 Å². The van der Waals surface area contributed by atoms with Crippen molar-refractivity contribution in [2.45, 2.75) is 100 Å². The molecule has 120 heavy (non-hydrogen) atoms. The van der Waals surface area contributed by atoms with E-state index < -0.39 is 0 Å². The molecule has 0 aromatic heterocycles. The Labute approximate surface area is 711 Å². The van der Waals surface area contributed by atoms with Crippen molar-refractivity contribution in [1.29, 1.82) is 0 Å². The molecule has 0 spiro atoms. The second kappa shape index (κ2) is 29.5. The third kappa shape index (κ3) is 13.5. The van der Waals surface area contributed by atoms with Gasteiger partial charge in [0.1, 0.15) is 0 Å². The predicted molar refractivity (Wildman–Crippen MR) is 513 cm³/mol. The molecule has 0 N–H and O–H groups in total. The van der Waals surface area contributed by atoms with E-state index in [0.29, 0.717) is 5.92 Å². The van der Waals surface area contributed by atoms with Crippen molar-refractivity contribution in [2.75, 3.05) is 14.7 Å². The molecule has 4 heteroatoms. The molecule has 6 aliphatic rings. The quantitative estimate of drug-likeness (QED) is 0.107. The van der Waals surface area contributed by atoms with Gasteiger partial charge in [0.25, 0.3) is 6.71 Å². The van der Waals surface area contributed by atoms with Gasteiger partial charge in [-0.15, -0.1) is 0 Å². The van der Waals surface area contributed by atoms with Crippen LogP contribution in [-0.2, 0) is 10.8 Å². The number of nitrogens with zero attached hydrogens (tertiary/aromatic N) is 3. The highest BCUT2D eigenvalue weighted by Gasteiger charge is 2.49. The Hall–Kier alpha value is -13.0. The molecule has 3 unspecified atom stereocenters. The van der Waals surface area contributed by atoms with Crippen LogP contribution in [-0.4, -0.2) is 6.71 Å². The summed E-state index contributed by atoms with van der Waals surface area (Å²) in [5.41, 5.74) is 41.3. The molecule has 0 bridgehead atoms. The summed E-state index contributed by atoms with van der Waals surface area (Å²) >= 11 is 0. The van der Waals surface area contributed by atoms with E-state index in [1.165, 1.54) is 77.6 Å². The third-order valence-electron chi connectivity index (χ3n) is 26.3. The Morgan fingerprint density at radius 2 is 0.675 bits per heavy atom. The molecular formula is C116H102BN3. The molecule has 0 amide bonds. The summed E-state index contributed by atoms with van der Waals surface area (Å²) < 4.78 is 0. The molecule has 2 heterocycles. The van der Waals surface area contributed by atoms with E-state index in [1.807, 2.05) is 0 Å². The fraction of sp³-hybridized carbons (Fsp3) is 0.172. The topological polar surface area (TPSA) is 9.72 Å². The third-order valence-corrected chi connectivity index (χ3v) is 26.3. The van der Waals surface area contributed by atoms with Crippen LogP contribution in [0, 0.1) is 28.6 Å². The van der Waals surface area contributed by atoms with Gasteiger partial charge in [0.2, 0.25) is 0 Å². The maximum atomic E-state index is 2.79. The second-order valence-corrected chi connectivity index (χ2v) is 38.0. The van der Waals surface area contributed by atoms with Gasteiger partial charge in [-0.2, -0.15) is 0 Å². The molecule has 4 aliphatic carbocycles. The van der Waals surface area contributed by atoms with Crippen molar-refractivity contribution in [1.82, 2.24) is 0 Å². The van der Waals surface area contributed by atoms with Crippen molar-refractivity contribution < 1.29 is 0 Å². The molecule has 0 saturated carbocycles. The van der Waals surface area contributed by atoms with Crippen LogP contribution in [0.1, 0.15) is 106 Å². The lowest BCUT2D eigenvalue weighted by Crippen LogP contribution is -2.61. The lowest BCUT2D eigenvalue weighted by molar-refractivity contribution is 0.329. The summed E-state index contributed by atoms with van der Waals surface area (Å²) in [4.78, 5) is 8.08. The van der Waals surface area contributed by atoms with Crippen molar-refractivity contribution in [2.24, 2.45) is 28.6 Å². The molecule has 14 aromatic rings. The van der Waals surface area contributed by atoms with Gasteiger partial charge in [0.15, 0.2) is 0 Å². The molecule has 3 atom stereocenters. The highest BCUT2D eigenvalue weighted by molar-refractivity contribution is 7.00. The van der Waals surface area contributed by atoms with Gasteiger partial charge in [0, 0.05) is 68.2 Å². The molecule has 3 nitrogen and oxygen atoms in total. The van der Waals surface area contributed by atoms with Crippen LogP contribution in [0.15, 0.2) is 398 Å². The van der Waals surface area contributed by atoms with Crippen molar-refractivity contribution >= 4 is 79.9 Å². The summed E-state index contributed by atoms with van der Waals surface area (Å²) in [6.45, 7) is 28.4. The van der Waals surface area contributed by atoms with Gasteiger partial charge in [-0.3, -0.25) is 0 Å². The Morgan fingerprint density at radius 3 is 1.07 bits per heavy atom. The lowest BCUT2D eigenvalue weighted by atomic mass is 9.33. The first-order valence-electron chi connectivity index (χ1n) is 43.1. The summed E-state index contributed by atoms with van der Waals surface area (Å²) in [5, 5.41) is 0. The van der Waals surface area contributed by atoms with Crippen LogP contribution in [0.5, 0.6) is 0 Å². The molecule has 20 rings (SSSR count). The number of hydrogen-bond acceptors (Lipinski definition) is 3. The van der Waals surface area contributed by atoms with Crippen molar-refractivity contribution in [3.05, 3.63) is 415 Å². The van der Waals surface area contributed by atoms with E-state index in [-0.39, 0.29) is 40.2 Å². The normalized spacial score (nSPS) is 16.5. The van der Waals surface area contributed by atoms with Gasteiger partial charge < -0.3 is 14.7 Å². The molecular weight excluding hydrogens is 1450 g/mol. The average Bonchev–Trinajstić information content (AvgIpc) is 0.681. The minimum atomic E-state index is -0.294. The van der Waals surface area contributed by atoms with Gasteiger partial charge in [-0.1, -0.05) is 386 Å². The predicted octanol–water partition coefficient (Wildman–Crippen LogP) is 29.9. The van der Waals surface area contributed by atoms with Crippen LogP contribution >= 0.6 is 0 Å². The molecule has 0 fully saturated rings. The fourth-order valence-corrected chi connectivity index (χ4v) is 19.8. The molecule has 14 aromatic carbocycles. The highest BCUT2D eigenvalue weighted by atomic mass is 15.2. The summed E-state index contributed by atoms with van der Waals surface area (Å²) in [5.74, 6) is 0.864. The average molecular weight is 1550 g/mol. The number of hydrogen-bond donors (Lipinski definition) is 0. The minimum Gasteiger partial charge on any atom is -0.310 e. The molecule has 2 aliphatic heterocycles. The smallest absolute Gasteiger partial charge is 0.252 e. The Kier molecular flexibility index (Phi) is 18.6. The van der Waals surface area contributed by atoms with Crippen molar-refractivity contribution in [3.8, 4) is 77.9 Å². The van der Waals surface area contributed by atoms with E-state index in [0.717, 1.165) is 124 Å². The van der Waals surface area contributed by atoms with E-state index in [9.17, 15) is 0 Å². The van der Waals surface area contributed by atoms with E-state index in [2.05, 4.69) is 468 Å². The van der Waals surface area contributed by atoms with Gasteiger partial charge in [0.05, 0.1) is 17.1 Å². The van der Waals surface area contributed by atoms with Gasteiger partial charge in [-0.25, -0.2) is 0 Å². The fourth-order valence-electron chi connectivity index (χ4n) is 19.8. The van der Waals surface area contributed by atoms with Crippen LogP contribution < -0.4 is 31.1 Å². The maximum Gasteiger partial charge on any atom is 0.252 e. The van der Waals surface area contributed by atoms with E-state index >= 15 is 0 Å². The maximum absolute atomic E-state index is 2.79. The molecule has 0 radical (unpaired) electrons. The molecule has 0 saturated heterocycles. The SMILES string of the molecule is CC(C)(C)C1=CC2=CC(c3ccc4c(c3)N(c3c(-c5ccccc5)cc(C(C)(C)C)cc3-c3ccccc3)c3cc(N(c5ccc(-c6ccccc6)cc5)c5ccc(-c6ccccc6)cc5)cc5c3B4c3ccc(-c4ccccc4)cc3N5c3c(-c4ccccc4)cc(C(C)(C)C)cc3-c3ccccc3)=C3C=C(C(C)(C)C)CC4C=CC(=C1)C2C34. The minimum absolute atomic E-state index is 0.0433. The lowest BCUT2D eigenvalue weighted by Gasteiger charge is -2.48. The first kappa shape index (κ1) is 75.7. The Morgan fingerprint density at radius 1 is 0.308 bits per heavy atom. The standard InChI is InChI=1S/C116H102BN3/c1-113(2,3)89-62-86-48-49-87-63-90(114(4,5)6)72-101-96(65-88(64-89)108(86)109(87)101)85-55-61-103-105(67-85)120(112-99(82-44-30-18-31-45-82)70-92(116(10,11)12)71-100(112)83-46-32-19-33-47-83)107-74-95(118(93-56-50-78(51-57-93)75-34-20-13-21-35-75)94-58-52-79(53-59-94)76-36-22-14-23-37-76)73-106-110(107)117(103)102-60-54-84(77-38-24-15-25-39-77)66-104(102)119(106)111-97(80-40-26-16-27-41-80)68-91(115(7,8)9)69-98(111)81-42-28-17-29-43-81/h13-62,64-74,87,108-109H,63H2,1-12H3. The highest BCUT2D eigenvalue weighted by Crippen LogP contribution is 2.60. The van der Waals surface area contributed by atoms with Gasteiger partial charge in [-0.05, 0) is 223 Å². The number of allylic oxidation sites excluding steroid dienone is 12. The van der Waals surface area contributed by atoms with Gasteiger partial charge >= 0.3 is 0 Å². The van der Waals surface area contributed by atoms with Crippen molar-refractivity contribution in [3.63, 3.8) is 0 Å². The Balaban J connectivity index is 0.979. The monoisotopic (exact) mass is 1550 g/mol. The first-order chi connectivity index (χ1) is 58.0. The summed E-state index contributed by atoms with van der Waals surface area (Å²) in [7, 11) is 0. The number of rotatable bonds is 13. The second-order valence-electron chi connectivity index (χ2n) is 38.0. The zero-order valence-corrected chi connectivity index (χ0v) is 71.1. The van der Waals surface area contributed by atoms with E-state index in [1.54, 1.807) is 0 Å². The van der Waals surface area contributed by atoms with Crippen LogP contribution in [0.4, 0.5) is 51.2 Å². The molecule has 584 valence electrons. The van der Waals surface area contributed by atoms with Crippen LogP contribution in [0.3, 0.4) is 0 Å². The number of benzene rings is 14. The first-order valence-corrected chi connectivity index (χ1v) is 43.1.